The molecular weight excluding hydrogens is 318 g/mol. The van der Waals surface area contributed by atoms with Crippen molar-refractivity contribution < 1.29 is 19.7 Å². The number of anilines is 1. The average Bonchev–Trinajstić information content (AvgIpc) is 2.55. The molecule has 0 unspecified atom stereocenters. The summed E-state index contributed by atoms with van der Waals surface area (Å²) in [4.78, 5) is 31.5. The Labute approximate surface area is 135 Å². The second-order valence-corrected chi connectivity index (χ2v) is 4.92. The minimum atomic E-state index is -1.44. The maximum Gasteiger partial charge on any atom is 0.299 e. The van der Waals surface area contributed by atoms with Gasteiger partial charge in [-0.15, -0.1) is 0 Å². The Morgan fingerprint density at radius 3 is 2.25 bits per heavy atom. The van der Waals surface area contributed by atoms with Gasteiger partial charge in [-0.3, -0.25) is 20.2 Å². The third kappa shape index (κ3) is 4.03. The van der Waals surface area contributed by atoms with Crippen LogP contribution in [0.15, 0.2) is 48.5 Å². The van der Waals surface area contributed by atoms with E-state index < -0.39 is 33.2 Å². The van der Waals surface area contributed by atoms with Gasteiger partial charge < -0.3 is 15.2 Å². The summed E-state index contributed by atoms with van der Waals surface area (Å²) in [5, 5.41) is 35.6. The Morgan fingerprint density at radius 2 is 1.71 bits per heavy atom. The topological polar surface area (TPSA) is 138 Å². The van der Waals surface area contributed by atoms with Crippen LogP contribution in [0, 0.1) is 20.2 Å². The van der Waals surface area contributed by atoms with Gasteiger partial charge >= 0.3 is 0 Å². The summed E-state index contributed by atoms with van der Waals surface area (Å²) in [7, 11) is 0. The molecule has 2 aromatic rings. The van der Waals surface area contributed by atoms with Crippen molar-refractivity contribution in [2.45, 2.75) is 12.5 Å². The molecule has 0 bridgehead atoms. The summed E-state index contributed by atoms with van der Waals surface area (Å²) < 4.78 is 0. The lowest BCUT2D eigenvalue weighted by Gasteiger charge is -2.20. The molecule has 0 aliphatic heterocycles. The lowest BCUT2D eigenvalue weighted by atomic mass is 10.1. The molecule has 1 atom stereocenters. The molecule has 9 heteroatoms. The van der Waals surface area contributed by atoms with Crippen LogP contribution in [-0.4, -0.2) is 21.9 Å². The molecular formula is C15H12N3O6-. The van der Waals surface area contributed by atoms with Crippen LogP contribution in [0.2, 0.25) is 0 Å². The van der Waals surface area contributed by atoms with Crippen molar-refractivity contribution in [3.63, 3.8) is 0 Å². The van der Waals surface area contributed by atoms with Gasteiger partial charge in [0.2, 0.25) is 0 Å². The van der Waals surface area contributed by atoms with Crippen molar-refractivity contribution in [1.82, 2.24) is 0 Å². The number of nitro benzene ring substituents is 2. The van der Waals surface area contributed by atoms with Gasteiger partial charge in [-0.2, -0.15) is 0 Å². The van der Waals surface area contributed by atoms with Gasteiger partial charge in [0.15, 0.2) is 0 Å². The van der Waals surface area contributed by atoms with E-state index in [-0.39, 0.29) is 12.1 Å². The maximum atomic E-state index is 11.3. The van der Waals surface area contributed by atoms with Crippen molar-refractivity contribution >= 4 is 23.0 Å². The summed E-state index contributed by atoms with van der Waals surface area (Å²) in [5.74, 6) is -1.44. The molecule has 1 N–H and O–H groups in total. The smallest absolute Gasteiger partial charge is 0.299 e. The van der Waals surface area contributed by atoms with E-state index in [0.29, 0.717) is 5.56 Å². The molecule has 0 aliphatic carbocycles. The summed E-state index contributed by atoms with van der Waals surface area (Å²) in [5.41, 5.74) is -0.469. The zero-order chi connectivity index (χ0) is 17.7. The van der Waals surface area contributed by atoms with E-state index in [4.69, 9.17) is 0 Å². The van der Waals surface area contributed by atoms with Crippen LogP contribution in [0.5, 0.6) is 0 Å². The number of hydrogen-bond donors (Lipinski definition) is 1. The Morgan fingerprint density at radius 1 is 1.04 bits per heavy atom. The van der Waals surface area contributed by atoms with E-state index in [1.54, 1.807) is 30.3 Å². The molecule has 2 rings (SSSR count). The zero-order valence-electron chi connectivity index (χ0n) is 12.2. The van der Waals surface area contributed by atoms with E-state index in [0.717, 1.165) is 18.2 Å². The second kappa shape index (κ2) is 7.18. The SMILES string of the molecule is O=C([O-])[C@@H](Cc1ccccc1)Nc1ccc([N+](=O)[O-])cc1[N+](=O)[O-]. The van der Waals surface area contributed by atoms with Crippen LogP contribution in [0.1, 0.15) is 5.56 Å². The normalized spacial score (nSPS) is 11.5. The first-order valence-corrected chi connectivity index (χ1v) is 6.82. The summed E-state index contributed by atoms with van der Waals surface area (Å²) in [6, 6.07) is 10.4. The lowest BCUT2D eigenvalue weighted by Crippen LogP contribution is -2.42. The first kappa shape index (κ1) is 16.9. The Hall–Kier alpha value is -3.49. The molecule has 0 radical (unpaired) electrons. The lowest BCUT2D eigenvalue weighted by molar-refractivity contribution is -0.393. The highest BCUT2D eigenvalue weighted by Crippen LogP contribution is 2.29. The number of nitrogens with one attached hydrogen (secondary N) is 1. The van der Waals surface area contributed by atoms with Gasteiger partial charge in [0, 0.05) is 6.07 Å². The Balaban J connectivity index is 2.30. The van der Waals surface area contributed by atoms with Gasteiger partial charge in [0.1, 0.15) is 5.69 Å². The zero-order valence-corrected chi connectivity index (χ0v) is 12.2. The molecule has 0 saturated heterocycles. The first-order valence-electron chi connectivity index (χ1n) is 6.82. The van der Waals surface area contributed by atoms with Crippen molar-refractivity contribution in [2.24, 2.45) is 0 Å². The molecule has 0 aromatic heterocycles. The summed E-state index contributed by atoms with van der Waals surface area (Å²) in [6.45, 7) is 0. The molecule has 2 aromatic carbocycles. The van der Waals surface area contributed by atoms with Crippen LogP contribution in [0.4, 0.5) is 17.1 Å². The molecule has 124 valence electrons. The standard InChI is InChI=1S/C15H13N3O6/c19-15(20)13(8-10-4-2-1-3-5-10)16-12-7-6-11(17(21)22)9-14(12)18(23)24/h1-7,9,13,16H,8H2,(H,19,20)/p-1/t13-/m1/s1. The highest BCUT2D eigenvalue weighted by Gasteiger charge is 2.22. The van der Waals surface area contributed by atoms with E-state index in [1.165, 1.54) is 0 Å². The number of carbonyl (C=O) groups is 1. The van der Waals surface area contributed by atoms with E-state index in [2.05, 4.69) is 5.32 Å². The molecule has 0 amide bonds. The van der Waals surface area contributed by atoms with Crippen LogP contribution in [0.25, 0.3) is 0 Å². The second-order valence-electron chi connectivity index (χ2n) is 4.92. The molecule has 24 heavy (non-hydrogen) atoms. The Bertz CT molecular complexity index is 778. The third-order valence-electron chi connectivity index (χ3n) is 3.29. The highest BCUT2D eigenvalue weighted by atomic mass is 16.6. The number of aliphatic carboxylic acids is 1. The minimum absolute atomic E-state index is 0.0390. The molecule has 0 fully saturated rings. The van der Waals surface area contributed by atoms with Gasteiger partial charge in [-0.25, -0.2) is 0 Å². The summed E-state index contributed by atoms with van der Waals surface area (Å²) in [6.07, 6.45) is 0.0390. The van der Waals surface area contributed by atoms with Crippen molar-refractivity contribution in [3.05, 3.63) is 74.3 Å². The fourth-order valence-electron chi connectivity index (χ4n) is 2.14. The van der Waals surface area contributed by atoms with Gasteiger partial charge in [0.25, 0.3) is 11.4 Å². The van der Waals surface area contributed by atoms with Crippen LogP contribution >= 0.6 is 0 Å². The van der Waals surface area contributed by atoms with E-state index in [9.17, 15) is 30.1 Å². The van der Waals surface area contributed by atoms with Gasteiger partial charge in [-0.05, 0) is 18.1 Å². The number of carboxylic acids is 1. The number of nitro groups is 2. The number of hydrogen-bond acceptors (Lipinski definition) is 7. The van der Waals surface area contributed by atoms with Crippen LogP contribution < -0.4 is 10.4 Å². The summed E-state index contributed by atoms with van der Waals surface area (Å²) >= 11 is 0. The van der Waals surface area contributed by atoms with Gasteiger partial charge in [0.05, 0.1) is 27.9 Å². The largest absolute Gasteiger partial charge is 0.548 e. The fraction of sp³-hybridized carbons (Fsp3) is 0.133. The number of nitrogens with zero attached hydrogens (tertiary/aromatic N) is 2. The third-order valence-corrected chi connectivity index (χ3v) is 3.29. The monoisotopic (exact) mass is 330 g/mol. The van der Waals surface area contributed by atoms with E-state index >= 15 is 0 Å². The van der Waals surface area contributed by atoms with Crippen molar-refractivity contribution in [3.8, 4) is 0 Å². The molecule has 0 spiro atoms. The number of carbonyl (C=O) groups excluding carboxylic acids is 1. The number of carboxylic acid groups (broad SMARTS) is 1. The van der Waals surface area contributed by atoms with Crippen LogP contribution in [0.3, 0.4) is 0 Å². The number of non-ortho nitro benzene ring substituents is 1. The Kier molecular flexibility index (Phi) is 5.05. The number of benzene rings is 2. The first-order chi connectivity index (χ1) is 11.4. The number of rotatable bonds is 7. The molecule has 0 aliphatic rings. The van der Waals surface area contributed by atoms with Gasteiger partial charge in [-0.1, -0.05) is 30.3 Å². The quantitative estimate of drug-likeness (QED) is 0.595. The molecule has 0 heterocycles. The van der Waals surface area contributed by atoms with Crippen molar-refractivity contribution in [1.29, 1.82) is 0 Å². The van der Waals surface area contributed by atoms with Crippen molar-refractivity contribution in [2.75, 3.05) is 5.32 Å². The fourth-order valence-corrected chi connectivity index (χ4v) is 2.14. The predicted molar refractivity (Wildman–Crippen MR) is 82.3 cm³/mol. The average molecular weight is 330 g/mol. The highest BCUT2D eigenvalue weighted by molar-refractivity contribution is 5.78. The molecule has 9 nitrogen and oxygen atoms in total. The maximum absolute atomic E-state index is 11.3. The minimum Gasteiger partial charge on any atom is -0.548 e. The predicted octanol–water partition coefficient (Wildman–Crippen LogP) is 1.28. The van der Waals surface area contributed by atoms with E-state index in [1.807, 2.05) is 0 Å². The molecule has 0 saturated carbocycles. The van der Waals surface area contributed by atoms with Crippen LogP contribution in [-0.2, 0) is 11.2 Å².